The lowest BCUT2D eigenvalue weighted by molar-refractivity contribution is 0.0952. The molecule has 6 heteroatoms. The van der Waals surface area contributed by atoms with Gasteiger partial charge in [0.25, 0.3) is 5.91 Å². The van der Waals surface area contributed by atoms with Gasteiger partial charge in [-0.2, -0.15) is 5.26 Å². The fourth-order valence-electron chi connectivity index (χ4n) is 3.04. The maximum atomic E-state index is 12.5. The second-order valence-electron chi connectivity index (χ2n) is 6.49. The van der Waals surface area contributed by atoms with Gasteiger partial charge >= 0.3 is 0 Å². The number of carbonyl (C=O) groups is 1. The molecule has 1 unspecified atom stereocenters. The molecule has 0 spiro atoms. The smallest absolute Gasteiger partial charge is 0.251 e. The van der Waals surface area contributed by atoms with Crippen LogP contribution in [-0.4, -0.2) is 24.0 Å². The fraction of sp³-hybridized carbons (Fsp3) is 0.227. The Morgan fingerprint density at radius 2 is 2.29 bits per heavy atom. The van der Waals surface area contributed by atoms with Crippen LogP contribution in [-0.2, 0) is 11.3 Å². The molecule has 1 aromatic heterocycles. The third kappa shape index (κ3) is 4.48. The number of aromatic nitrogens is 1. The fourth-order valence-corrected chi connectivity index (χ4v) is 3.19. The molecule has 0 saturated heterocycles. The van der Waals surface area contributed by atoms with Gasteiger partial charge in [-0.1, -0.05) is 36.4 Å². The van der Waals surface area contributed by atoms with Crippen molar-refractivity contribution in [3.63, 3.8) is 0 Å². The van der Waals surface area contributed by atoms with Gasteiger partial charge in [-0.15, -0.1) is 0 Å². The van der Waals surface area contributed by atoms with E-state index < -0.39 is 0 Å². The zero-order valence-corrected chi connectivity index (χ0v) is 16.3. The van der Waals surface area contributed by atoms with Gasteiger partial charge in [0, 0.05) is 12.1 Å². The Balaban J connectivity index is 1.73. The molecule has 2 aromatic rings. The minimum atomic E-state index is -0.350. The Morgan fingerprint density at radius 1 is 1.46 bits per heavy atom. The molecule has 2 heterocycles. The van der Waals surface area contributed by atoms with Crippen LogP contribution in [0.25, 0.3) is 12.2 Å². The van der Waals surface area contributed by atoms with Gasteiger partial charge in [0.1, 0.15) is 5.15 Å². The Kier molecular flexibility index (Phi) is 6.25. The Hall–Kier alpha value is -2.94. The number of hydrogen-bond acceptors (Lipinski definition) is 4. The van der Waals surface area contributed by atoms with Crippen molar-refractivity contribution in [2.75, 3.05) is 13.2 Å². The number of nitrogens with zero attached hydrogens (tertiary/aromatic N) is 2. The normalized spacial score (nSPS) is 17.0. The molecule has 0 bridgehead atoms. The average Bonchev–Trinajstić information content (AvgIpc) is 2.71. The number of amides is 1. The highest BCUT2D eigenvalue weighted by molar-refractivity contribution is 6.29. The van der Waals surface area contributed by atoms with Crippen LogP contribution in [0.5, 0.6) is 0 Å². The number of carbonyl (C=O) groups excluding carboxylic acids is 1. The molecule has 1 aliphatic heterocycles. The summed E-state index contributed by atoms with van der Waals surface area (Å²) in [7, 11) is 0. The van der Waals surface area contributed by atoms with E-state index in [9.17, 15) is 10.1 Å². The Labute approximate surface area is 168 Å². The first-order valence-electron chi connectivity index (χ1n) is 8.88. The van der Waals surface area contributed by atoms with Crippen molar-refractivity contribution in [1.29, 1.82) is 5.26 Å². The van der Waals surface area contributed by atoms with E-state index in [1.165, 1.54) is 0 Å². The molecule has 1 aliphatic rings. The number of hydrogen-bond donors (Lipinski definition) is 1. The molecular weight excluding hydrogens is 374 g/mol. The summed E-state index contributed by atoms with van der Waals surface area (Å²) >= 11 is 5.97. The zero-order valence-electron chi connectivity index (χ0n) is 15.5. The van der Waals surface area contributed by atoms with Gasteiger partial charge in [0.2, 0.25) is 0 Å². The average molecular weight is 394 g/mol. The topological polar surface area (TPSA) is 75.0 Å². The van der Waals surface area contributed by atoms with E-state index in [4.69, 9.17) is 16.3 Å². The van der Waals surface area contributed by atoms with Crippen LogP contribution in [0.15, 0.2) is 42.5 Å². The number of benzene rings is 1. The molecule has 0 radical (unpaired) electrons. The summed E-state index contributed by atoms with van der Waals surface area (Å²) in [5.74, 6) is -0.570. The van der Waals surface area contributed by atoms with Crippen molar-refractivity contribution < 1.29 is 9.53 Å². The van der Waals surface area contributed by atoms with Crippen LogP contribution in [0.3, 0.4) is 0 Å². The lowest BCUT2D eigenvalue weighted by Crippen LogP contribution is -2.30. The molecule has 1 aromatic carbocycles. The molecule has 3 rings (SSSR count). The lowest BCUT2D eigenvalue weighted by atomic mass is 9.92. The first kappa shape index (κ1) is 19.8. The Morgan fingerprint density at radius 3 is 3.04 bits per heavy atom. The predicted molar refractivity (Wildman–Crippen MR) is 109 cm³/mol. The minimum Gasteiger partial charge on any atom is -0.375 e. The molecule has 0 saturated carbocycles. The Bertz CT molecular complexity index is 1090. The summed E-state index contributed by atoms with van der Waals surface area (Å²) in [6.45, 7) is 7.00. The van der Waals surface area contributed by atoms with Crippen LogP contribution < -0.4 is 15.9 Å². The predicted octanol–water partition coefficient (Wildman–Crippen LogP) is 2.44. The molecule has 1 atom stereocenters. The third-order valence-corrected chi connectivity index (χ3v) is 4.74. The monoisotopic (exact) mass is 393 g/mol. The SMILES string of the molecule is C=C(/C=c1/nc(Cl)cc/c1=C/C)CNC(=O)c1ccc2c(c1)C(C#N)COC2. The van der Waals surface area contributed by atoms with Crippen molar-refractivity contribution in [2.45, 2.75) is 19.4 Å². The van der Waals surface area contributed by atoms with Crippen LogP contribution >= 0.6 is 11.6 Å². The van der Waals surface area contributed by atoms with E-state index in [0.29, 0.717) is 34.9 Å². The van der Waals surface area contributed by atoms with Gasteiger partial charge in [0.15, 0.2) is 0 Å². The maximum absolute atomic E-state index is 12.5. The van der Waals surface area contributed by atoms with E-state index in [1.807, 2.05) is 25.1 Å². The highest BCUT2D eigenvalue weighted by Crippen LogP contribution is 2.27. The van der Waals surface area contributed by atoms with Crippen LogP contribution in [0.2, 0.25) is 5.15 Å². The molecule has 0 fully saturated rings. The lowest BCUT2D eigenvalue weighted by Gasteiger charge is -2.21. The zero-order chi connectivity index (χ0) is 20.1. The maximum Gasteiger partial charge on any atom is 0.251 e. The van der Waals surface area contributed by atoms with E-state index in [-0.39, 0.29) is 18.4 Å². The van der Waals surface area contributed by atoms with Gasteiger partial charge in [0.05, 0.1) is 30.6 Å². The summed E-state index contributed by atoms with van der Waals surface area (Å²) < 4.78 is 5.41. The second-order valence-corrected chi connectivity index (χ2v) is 6.88. The number of nitrogens with one attached hydrogen (secondary N) is 1. The van der Waals surface area contributed by atoms with Gasteiger partial charge in [-0.05, 0) is 53.1 Å². The molecular formula is C22H20ClN3O2. The van der Waals surface area contributed by atoms with E-state index in [0.717, 1.165) is 16.3 Å². The van der Waals surface area contributed by atoms with Crippen molar-refractivity contribution >= 4 is 29.7 Å². The van der Waals surface area contributed by atoms with Gasteiger partial charge in [-0.25, -0.2) is 4.98 Å². The quantitative estimate of drug-likeness (QED) is 0.809. The summed E-state index contributed by atoms with van der Waals surface area (Å²) in [6.07, 6.45) is 3.74. The molecule has 0 aliphatic carbocycles. The highest BCUT2D eigenvalue weighted by Gasteiger charge is 2.21. The van der Waals surface area contributed by atoms with Crippen LogP contribution in [0.4, 0.5) is 0 Å². The van der Waals surface area contributed by atoms with Gasteiger partial charge < -0.3 is 10.1 Å². The van der Waals surface area contributed by atoms with Crippen molar-refractivity contribution in [3.05, 3.63) is 74.9 Å². The summed E-state index contributed by atoms with van der Waals surface area (Å²) in [6, 6.07) is 11.2. The number of pyridine rings is 1. The molecule has 1 N–H and O–H groups in total. The summed E-state index contributed by atoms with van der Waals surface area (Å²) in [5.41, 5.74) is 3.02. The van der Waals surface area contributed by atoms with Crippen molar-refractivity contribution in [3.8, 4) is 6.07 Å². The number of rotatable bonds is 4. The number of ether oxygens (including phenoxy) is 1. The summed E-state index contributed by atoms with van der Waals surface area (Å²) in [4.78, 5) is 16.8. The van der Waals surface area contributed by atoms with E-state index >= 15 is 0 Å². The van der Waals surface area contributed by atoms with E-state index in [2.05, 4.69) is 22.9 Å². The van der Waals surface area contributed by atoms with E-state index in [1.54, 1.807) is 24.3 Å². The van der Waals surface area contributed by atoms with Gasteiger partial charge in [-0.3, -0.25) is 4.79 Å². The largest absolute Gasteiger partial charge is 0.375 e. The molecule has 1 amide bonds. The molecule has 28 heavy (non-hydrogen) atoms. The van der Waals surface area contributed by atoms with Crippen LogP contribution in [0, 0.1) is 11.3 Å². The first-order chi connectivity index (χ1) is 13.5. The molecule has 5 nitrogen and oxygen atoms in total. The van der Waals surface area contributed by atoms with Crippen molar-refractivity contribution in [1.82, 2.24) is 10.3 Å². The number of halogens is 1. The summed E-state index contributed by atoms with van der Waals surface area (Å²) in [5, 5.41) is 14.2. The molecule has 142 valence electrons. The highest BCUT2D eigenvalue weighted by atomic mass is 35.5. The second kappa shape index (κ2) is 8.83. The third-order valence-electron chi connectivity index (χ3n) is 4.53. The van der Waals surface area contributed by atoms with Crippen LogP contribution in [0.1, 0.15) is 34.3 Å². The van der Waals surface area contributed by atoms with Crippen molar-refractivity contribution in [2.24, 2.45) is 0 Å². The first-order valence-corrected chi connectivity index (χ1v) is 9.26. The standard InChI is InChI=1S/C22H20ClN3O2/c1-3-15-6-7-21(23)26-20(15)8-14(2)11-25-22(27)16-4-5-17-12-28-13-18(10-24)19(17)9-16/h3-9,18H,2,11-13H2,1H3,(H,25,27)/b15-3-,20-8+. The number of nitriles is 1. The number of fused-ring (bicyclic) bond motifs is 1. The minimum absolute atomic E-state index is 0.220.